The molecule has 0 saturated carbocycles. The fourth-order valence-electron chi connectivity index (χ4n) is 3.78. The van der Waals surface area contributed by atoms with E-state index in [4.69, 9.17) is 14.7 Å². The molecule has 0 radical (unpaired) electrons. The Hall–Kier alpha value is -3.78. The van der Waals surface area contributed by atoms with Crippen LogP contribution in [0.3, 0.4) is 0 Å². The lowest BCUT2D eigenvalue weighted by Crippen LogP contribution is -2.10. The van der Waals surface area contributed by atoms with Crippen LogP contribution < -0.4 is 5.32 Å². The van der Waals surface area contributed by atoms with Gasteiger partial charge in [0.1, 0.15) is 5.56 Å². The molecule has 0 fully saturated rings. The van der Waals surface area contributed by atoms with Crippen LogP contribution in [0.15, 0.2) is 54.7 Å². The molecule has 0 aliphatic rings. The molecule has 0 unspecified atom stereocenters. The summed E-state index contributed by atoms with van der Waals surface area (Å²) in [5.74, 6) is 0.641. The van der Waals surface area contributed by atoms with E-state index in [1.165, 1.54) is 23.1 Å². The fraction of sp³-hybridized carbons (Fsp3) is 0.200. The minimum atomic E-state index is -0.446. The van der Waals surface area contributed by atoms with Gasteiger partial charge in [0.15, 0.2) is 16.8 Å². The number of para-hydroxylation sites is 1. The molecule has 0 aliphatic carbocycles. The maximum absolute atomic E-state index is 12.7. The first-order valence-electron chi connectivity index (χ1n) is 10.9. The maximum atomic E-state index is 12.7. The van der Waals surface area contributed by atoms with Crippen LogP contribution in [0.1, 0.15) is 35.3 Å². The summed E-state index contributed by atoms with van der Waals surface area (Å²) in [7, 11) is 0. The second-order valence-corrected chi connectivity index (χ2v) is 8.68. The molecule has 0 aliphatic heterocycles. The largest absolute Gasteiger partial charge is 0.462 e. The third-order valence-corrected chi connectivity index (χ3v) is 6.41. The quantitative estimate of drug-likeness (QED) is 0.324. The van der Waals surface area contributed by atoms with Crippen LogP contribution in [0.25, 0.3) is 26.9 Å². The summed E-state index contributed by atoms with van der Waals surface area (Å²) in [5.41, 5.74) is 4.42. The Morgan fingerprint density at radius 2 is 1.94 bits per heavy atom. The van der Waals surface area contributed by atoms with Gasteiger partial charge in [-0.05, 0) is 55.7 Å². The summed E-state index contributed by atoms with van der Waals surface area (Å²) in [4.78, 5) is 22.2. The predicted octanol–water partition coefficient (Wildman–Crippen LogP) is 5.82. The summed E-state index contributed by atoms with van der Waals surface area (Å²) >= 11 is 1.53. The van der Waals surface area contributed by atoms with Crippen molar-refractivity contribution in [2.75, 3.05) is 11.9 Å². The lowest BCUT2D eigenvalue weighted by Gasteiger charge is -2.11. The molecule has 0 atom stereocenters. The number of aryl methyl sites for hydroxylation is 2. The molecule has 5 aromatic rings. The highest BCUT2D eigenvalue weighted by molar-refractivity contribution is 7.22. The van der Waals surface area contributed by atoms with Crippen LogP contribution in [-0.4, -0.2) is 32.3 Å². The van der Waals surface area contributed by atoms with E-state index in [1.54, 1.807) is 11.6 Å². The van der Waals surface area contributed by atoms with Crippen LogP contribution in [0.5, 0.6) is 0 Å². The van der Waals surface area contributed by atoms with E-state index in [0.717, 1.165) is 33.1 Å². The van der Waals surface area contributed by atoms with Gasteiger partial charge in [0.25, 0.3) is 0 Å². The molecule has 2 aromatic carbocycles. The summed E-state index contributed by atoms with van der Waals surface area (Å²) in [6.07, 6.45) is 2.47. The van der Waals surface area contributed by atoms with Gasteiger partial charge < -0.3 is 10.1 Å². The number of nitrogens with one attached hydrogen (secondary N) is 1. The van der Waals surface area contributed by atoms with Gasteiger partial charge in [0, 0.05) is 5.39 Å². The molecular formula is C25H23N5O2S. The molecule has 8 heteroatoms. The Labute approximate surface area is 195 Å². The Bertz CT molecular complexity index is 1490. The van der Waals surface area contributed by atoms with Crippen molar-refractivity contribution in [1.82, 2.24) is 19.7 Å². The molecule has 166 valence electrons. The Morgan fingerprint density at radius 3 is 2.76 bits per heavy atom. The van der Waals surface area contributed by atoms with Gasteiger partial charge in [-0.15, -0.1) is 0 Å². The lowest BCUT2D eigenvalue weighted by atomic mass is 10.1. The number of ether oxygens (including phenoxy) is 1. The average molecular weight is 458 g/mol. The number of anilines is 2. The molecule has 0 saturated heterocycles. The van der Waals surface area contributed by atoms with E-state index < -0.39 is 5.97 Å². The van der Waals surface area contributed by atoms with Gasteiger partial charge in [0.2, 0.25) is 0 Å². The maximum Gasteiger partial charge on any atom is 0.343 e. The molecule has 33 heavy (non-hydrogen) atoms. The molecule has 0 spiro atoms. The lowest BCUT2D eigenvalue weighted by molar-refractivity contribution is 0.0527. The van der Waals surface area contributed by atoms with Gasteiger partial charge in [-0.3, -0.25) is 0 Å². The van der Waals surface area contributed by atoms with E-state index >= 15 is 0 Å². The van der Waals surface area contributed by atoms with Crippen molar-refractivity contribution in [3.05, 3.63) is 71.4 Å². The van der Waals surface area contributed by atoms with Crippen LogP contribution in [0.2, 0.25) is 0 Å². The number of aromatic nitrogens is 4. The minimum Gasteiger partial charge on any atom is -0.462 e. The second-order valence-electron chi connectivity index (χ2n) is 7.65. The zero-order valence-electron chi connectivity index (χ0n) is 18.6. The van der Waals surface area contributed by atoms with Crippen molar-refractivity contribution in [1.29, 1.82) is 0 Å². The number of benzene rings is 2. The second kappa shape index (κ2) is 8.63. The van der Waals surface area contributed by atoms with E-state index in [-0.39, 0.29) is 6.61 Å². The number of carbonyl (C=O) groups excluding carboxylic acids is 1. The van der Waals surface area contributed by atoms with Gasteiger partial charge in [-0.1, -0.05) is 42.5 Å². The molecule has 3 heterocycles. The van der Waals surface area contributed by atoms with Crippen molar-refractivity contribution in [2.45, 2.75) is 27.2 Å². The first-order valence-corrected chi connectivity index (χ1v) is 11.7. The van der Waals surface area contributed by atoms with Gasteiger partial charge in [0.05, 0.1) is 28.5 Å². The van der Waals surface area contributed by atoms with Crippen molar-refractivity contribution in [2.24, 2.45) is 0 Å². The number of hydrogen-bond donors (Lipinski definition) is 1. The van der Waals surface area contributed by atoms with Gasteiger partial charge in [-0.25, -0.2) is 14.8 Å². The van der Waals surface area contributed by atoms with Crippen molar-refractivity contribution >= 4 is 49.4 Å². The molecular weight excluding hydrogens is 434 g/mol. The highest BCUT2D eigenvalue weighted by Crippen LogP contribution is 2.32. The number of thiazole rings is 1. The Balaban J connectivity index is 1.62. The highest BCUT2D eigenvalue weighted by Gasteiger charge is 2.22. The smallest absolute Gasteiger partial charge is 0.343 e. The van der Waals surface area contributed by atoms with E-state index in [1.807, 2.05) is 43.3 Å². The summed E-state index contributed by atoms with van der Waals surface area (Å²) < 4.78 is 7.99. The number of hydrogen-bond acceptors (Lipinski definition) is 7. The van der Waals surface area contributed by atoms with Crippen LogP contribution in [0, 0.1) is 6.92 Å². The molecule has 0 amide bonds. The monoisotopic (exact) mass is 457 g/mol. The average Bonchev–Trinajstić information content (AvgIpc) is 3.42. The minimum absolute atomic E-state index is 0.276. The van der Waals surface area contributed by atoms with Gasteiger partial charge >= 0.3 is 5.97 Å². The van der Waals surface area contributed by atoms with Crippen LogP contribution in [-0.2, 0) is 11.2 Å². The number of carbonyl (C=O) groups is 1. The fourth-order valence-corrected chi connectivity index (χ4v) is 4.71. The van der Waals surface area contributed by atoms with Crippen LogP contribution in [0.4, 0.5) is 10.9 Å². The number of rotatable bonds is 6. The number of nitrogens with zero attached hydrogens (tertiary/aromatic N) is 4. The van der Waals surface area contributed by atoms with Crippen molar-refractivity contribution < 1.29 is 9.53 Å². The van der Waals surface area contributed by atoms with E-state index in [0.29, 0.717) is 22.3 Å². The topological polar surface area (TPSA) is 81.9 Å². The summed E-state index contributed by atoms with van der Waals surface area (Å²) in [5, 5.41) is 9.55. The summed E-state index contributed by atoms with van der Waals surface area (Å²) in [6, 6.07) is 16.2. The molecule has 0 bridgehead atoms. The number of fused-ring (bicyclic) bond motifs is 2. The van der Waals surface area contributed by atoms with Crippen molar-refractivity contribution in [3.63, 3.8) is 0 Å². The zero-order valence-corrected chi connectivity index (χ0v) is 19.4. The SMILES string of the molecule is CCOC(=O)c1cnn(-c2cc(C)c3ccccc3n2)c1Nc1nc2ccc(CC)cc2s1. The zero-order chi connectivity index (χ0) is 22.9. The first-order chi connectivity index (χ1) is 16.1. The number of esters is 1. The molecule has 7 nitrogen and oxygen atoms in total. The predicted molar refractivity (Wildman–Crippen MR) is 132 cm³/mol. The molecule has 1 N–H and O–H groups in total. The third kappa shape index (κ3) is 3.93. The van der Waals surface area contributed by atoms with E-state index in [2.05, 4.69) is 29.5 Å². The molecule has 5 rings (SSSR count). The standard InChI is InChI=1S/C25H23N5O2S/c1-4-16-10-11-20-21(13-16)33-25(28-20)29-23-18(24(31)32-5-2)14-26-30(23)22-12-15(3)17-8-6-7-9-19(17)27-22/h6-14H,4-5H2,1-3H3,(H,28,29). The molecule has 3 aromatic heterocycles. The number of pyridine rings is 1. The summed E-state index contributed by atoms with van der Waals surface area (Å²) in [6.45, 7) is 6.22. The Kier molecular flexibility index (Phi) is 5.51. The third-order valence-electron chi connectivity index (χ3n) is 5.48. The van der Waals surface area contributed by atoms with Crippen LogP contribution >= 0.6 is 11.3 Å². The van der Waals surface area contributed by atoms with E-state index in [9.17, 15) is 4.79 Å². The highest BCUT2D eigenvalue weighted by atomic mass is 32.1. The Morgan fingerprint density at radius 1 is 1.09 bits per heavy atom. The first kappa shape index (κ1) is 21.1. The van der Waals surface area contributed by atoms with Gasteiger partial charge in [-0.2, -0.15) is 9.78 Å². The normalized spacial score (nSPS) is 11.2. The van der Waals surface area contributed by atoms with Crippen molar-refractivity contribution in [3.8, 4) is 5.82 Å².